The maximum atomic E-state index is 15.7. The SMILES string of the molecule is C[C@@H]1CN(c2ncc(-c3cc(NC(=O)c4c[nH]c(=O)cc4C(F)F)c(N4CCN(C)[C@@H](C)C4)cc3F)cn2)C[C@H](C)O1. The van der Waals surface area contributed by atoms with E-state index >= 15 is 4.39 Å². The summed E-state index contributed by atoms with van der Waals surface area (Å²) >= 11 is 0. The summed E-state index contributed by atoms with van der Waals surface area (Å²) in [6.07, 6.45) is 0.984. The minimum absolute atomic E-state index is 0.0125. The molecule has 2 aliphatic heterocycles. The predicted molar refractivity (Wildman–Crippen MR) is 154 cm³/mol. The topological polar surface area (TPSA) is 107 Å². The van der Waals surface area contributed by atoms with Crippen LogP contribution in [0.3, 0.4) is 0 Å². The van der Waals surface area contributed by atoms with E-state index in [2.05, 4.69) is 25.2 Å². The fourth-order valence-electron chi connectivity index (χ4n) is 5.43. The Kier molecular flexibility index (Phi) is 8.50. The highest BCUT2D eigenvalue weighted by Crippen LogP contribution is 2.36. The van der Waals surface area contributed by atoms with Gasteiger partial charge in [-0.25, -0.2) is 23.1 Å². The summed E-state index contributed by atoms with van der Waals surface area (Å²) in [6, 6.07) is 3.66. The van der Waals surface area contributed by atoms with Crippen molar-refractivity contribution in [3.8, 4) is 11.1 Å². The highest BCUT2D eigenvalue weighted by Gasteiger charge is 2.27. The third-order valence-corrected chi connectivity index (χ3v) is 7.72. The summed E-state index contributed by atoms with van der Waals surface area (Å²) in [5, 5.41) is 2.70. The van der Waals surface area contributed by atoms with Gasteiger partial charge in [-0.05, 0) is 40.0 Å². The van der Waals surface area contributed by atoms with Gasteiger partial charge in [0.15, 0.2) is 0 Å². The summed E-state index contributed by atoms with van der Waals surface area (Å²) in [5.41, 5.74) is -0.638. The predicted octanol–water partition coefficient (Wildman–Crippen LogP) is 3.91. The Morgan fingerprint density at radius 1 is 1.05 bits per heavy atom. The molecule has 0 radical (unpaired) electrons. The van der Waals surface area contributed by atoms with Crippen molar-refractivity contribution >= 4 is 23.2 Å². The van der Waals surface area contributed by atoms with Crippen LogP contribution in [0.4, 0.5) is 30.5 Å². The number of halogens is 3. The number of carbonyl (C=O) groups excluding carboxylic acids is 1. The highest BCUT2D eigenvalue weighted by atomic mass is 19.3. The average molecular weight is 586 g/mol. The molecule has 0 bridgehead atoms. The molecule has 13 heteroatoms. The number of hydrogen-bond donors (Lipinski definition) is 2. The van der Waals surface area contributed by atoms with E-state index in [-0.39, 0.29) is 35.1 Å². The number of hydrogen-bond acceptors (Lipinski definition) is 8. The van der Waals surface area contributed by atoms with Crippen LogP contribution in [-0.4, -0.2) is 83.8 Å². The molecule has 3 aromatic rings. The smallest absolute Gasteiger partial charge is 0.264 e. The number of piperazine rings is 1. The maximum Gasteiger partial charge on any atom is 0.264 e. The van der Waals surface area contributed by atoms with Crippen LogP contribution in [-0.2, 0) is 4.74 Å². The molecule has 42 heavy (non-hydrogen) atoms. The number of benzene rings is 1. The molecule has 2 aromatic heterocycles. The van der Waals surface area contributed by atoms with Gasteiger partial charge in [0.05, 0.1) is 29.1 Å². The summed E-state index contributed by atoms with van der Waals surface area (Å²) in [7, 11) is 2.00. The van der Waals surface area contributed by atoms with Gasteiger partial charge < -0.3 is 29.7 Å². The van der Waals surface area contributed by atoms with Crippen molar-refractivity contribution in [3.63, 3.8) is 0 Å². The number of likely N-dealkylation sites (N-methyl/N-ethyl adjacent to an activating group) is 1. The van der Waals surface area contributed by atoms with Crippen LogP contribution in [0.15, 0.2) is 41.6 Å². The van der Waals surface area contributed by atoms with Gasteiger partial charge in [0, 0.05) is 80.1 Å². The van der Waals surface area contributed by atoms with Gasteiger partial charge in [0.25, 0.3) is 12.3 Å². The van der Waals surface area contributed by atoms with Crippen molar-refractivity contribution in [3.05, 3.63) is 64.1 Å². The highest BCUT2D eigenvalue weighted by molar-refractivity contribution is 6.07. The molecule has 2 N–H and O–H groups in total. The minimum Gasteiger partial charge on any atom is -0.372 e. The van der Waals surface area contributed by atoms with Crippen LogP contribution in [0.5, 0.6) is 0 Å². The van der Waals surface area contributed by atoms with Crippen molar-refractivity contribution in [2.24, 2.45) is 0 Å². The molecule has 2 saturated heterocycles. The fourth-order valence-corrected chi connectivity index (χ4v) is 5.43. The van der Waals surface area contributed by atoms with Crippen molar-refractivity contribution in [1.82, 2.24) is 19.9 Å². The van der Waals surface area contributed by atoms with E-state index < -0.39 is 29.3 Å². The van der Waals surface area contributed by atoms with Gasteiger partial charge >= 0.3 is 0 Å². The maximum absolute atomic E-state index is 15.7. The Morgan fingerprint density at radius 3 is 2.38 bits per heavy atom. The zero-order chi connectivity index (χ0) is 30.1. The van der Waals surface area contributed by atoms with Crippen molar-refractivity contribution in [1.29, 1.82) is 0 Å². The molecule has 1 amide bonds. The number of anilines is 3. The molecule has 0 unspecified atom stereocenters. The van der Waals surface area contributed by atoms with Crippen LogP contribution in [0.1, 0.15) is 43.1 Å². The number of rotatable bonds is 6. The number of ether oxygens (including phenoxy) is 1. The second-order valence-corrected chi connectivity index (χ2v) is 11.0. The number of alkyl halides is 2. The first-order valence-electron chi connectivity index (χ1n) is 13.8. The average Bonchev–Trinajstić information content (AvgIpc) is 2.94. The van der Waals surface area contributed by atoms with E-state index in [9.17, 15) is 18.4 Å². The van der Waals surface area contributed by atoms with E-state index in [1.807, 2.05) is 37.6 Å². The third kappa shape index (κ3) is 6.26. The quantitative estimate of drug-likeness (QED) is 0.449. The number of pyridine rings is 1. The number of nitrogens with zero attached hydrogens (tertiary/aromatic N) is 5. The Hall–Kier alpha value is -3.97. The summed E-state index contributed by atoms with van der Waals surface area (Å²) in [4.78, 5) is 42.3. The molecule has 0 aliphatic carbocycles. The van der Waals surface area contributed by atoms with Gasteiger partial charge in [-0.3, -0.25) is 9.59 Å². The van der Waals surface area contributed by atoms with Gasteiger partial charge in [0.1, 0.15) is 5.82 Å². The van der Waals surface area contributed by atoms with Crippen molar-refractivity contribution in [2.75, 3.05) is 54.9 Å². The van der Waals surface area contributed by atoms with Crippen LogP contribution >= 0.6 is 0 Å². The third-order valence-electron chi connectivity index (χ3n) is 7.72. The molecule has 1 aromatic carbocycles. The standard InChI is InChI=1S/C29H34F3N7O3/c1-16-13-38(6-5-37(16)4)25-9-23(30)20(19-10-34-29(35-11-19)39-14-17(2)42-18(3)15-39)7-24(25)36-28(41)22-12-33-26(40)8-21(22)27(31)32/h7-12,16-18,27H,5-6,13-15H2,1-4H3,(H,33,40)(H,36,41)/t16-,17-,18+/m0/s1. The van der Waals surface area contributed by atoms with E-state index in [0.29, 0.717) is 56.0 Å². The Morgan fingerprint density at radius 2 is 1.74 bits per heavy atom. The van der Waals surface area contributed by atoms with E-state index in [0.717, 1.165) is 6.20 Å². The molecule has 0 saturated carbocycles. The van der Waals surface area contributed by atoms with Gasteiger partial charge in [-0.2, -0.15) is 0 Å². The van der Waals surface area contributed by atoms with Gasteiger partial charge in [-0.1, -0.05) is 0 Å². The lowest BCUT2D eigenvalue weighted by Gasteiger charge is -2.39. The molecule has 5 rings (SSSR count). The van der Waals surface area contributed by atoms with Crippen LogP contribution in [0.25, 0.3) is 11.1 Å². The first-order chi connectivity index (χ1) is 20.0. The summed E-state index contributed by atoms with van der Waals surface area (Å²) in [6.45, 7) is 9.07. The molecule has 224 valence electrons. The summed E-state index contributed by atoms with van der Waals surface area (Å²) < 4.78 is 48.9. The number of morpholine rings is 1. The number of carbonyl (C=O) groups is 1. The zero-order valence-corrected chi connectivity index (χ0v) is 23.9. The largest absolute Gasteiger partial charge is 0.372 e. The van der Waals surface area contributed by atoms with E-state index in [4.69, 9.17) is 4.74 Å². The Bertz CT molecular complexity index is 1490. The molecule has 2 fully saturated rings. The number of aromatic amines is 1. The molecule has 4 heterocycles. The first kappa shape index (κ1) is 29.5. The lowest BCUT2D eigenvalue weighted by molar-refractivity contribution is -0.00572. The molecule has 10 nitrogen and oxygen atoms in total. The van der Waals surface area contributed by atoms with Crippen LogP contribution < -0.4 is 20.7 Å². The van der Waals surface area contributed by atoms with Gasteiger partial charge in [-0.15, -0.1) is 0 Å². The Labute approximate surface area is 241 Å². The lowest BCUT2D eigenvalue weighted by Crippen LogP contribution is -2.50. The van der Waals surface area contributed by atoms with E-state index in [1.165, 1.54) is 24.5 Å². The lowest BCUT2D eigenvalue weighted by atomic mass is 10.0. The number of nitrogens with one attached hydrogen (secondary N) is 2. The number of H-pyrrole nitrogens is 1. The van der Waals surface area contributed by atoms with Crippen LogP contribution in [0.2, 0.25) is 0 Å². The summed E-state index contributed by atoms with van der Waals surface area (Å²) in [5.74, 6) is -0.906. The number of aromatic nitrogens is 3. The second-order valence-electron chi connectivity index (χ2n) is 11.0. The first-order valence-corrected chi connectivity index (χ1v) is 13.8. The monoisotopic (exact) mass is 585 g/mol. The molecular formula is C29H34F3N7O3. The minimum atomic E-state index is -3.04. The molecule has 3 atom stereocenters. The Balaban J connectivity index is 1.51. The van der Waals surface area contributed by atoms with Crippen LogP contribution in [0, 0.1) is 5.82 Å². The normalized spacial score (nSPS) is 21.6. The van der Waals surface area contributed by atoms with E-state index in [1.54, 1.807) is 0 Å². The fraction of sp³-hybridized carbons (Fsp3) is 0.448. The van der Waals surface area contributed by atoms with Gasteiger partial charge in [0.2, 0.25) is 11.5 Å². The van der Waals surface area contributed by atoms with Crippen molar-refractivity contribution in [2.45, 2.75) is 45.4 Å². The number of amides is 1. The molecule has 2 aliphatic rings. The molecular weight excluding hydrogens is 551 g/mol. The zero-order valence-electron chi connectivity index (χ0n) is 23.9. The van der Waals surface area contributed by atoms with Crippen molar-refractivity contribution < 1.29 is 22.7 Å². The molecule has 0 spiro atoms. The second kappa shape index (κ2) is 12.1.